The Morgan fingerprint density at radius 1 is 1.55 bits per heavy atom. The van der Waals surface area contributed by atoms with Crippen molar-refractivity contribution in [2.45, 2.75) is 11.8 Å². The van der Waals surface area contributed by atoms with E-state index in [0.717, 1.165) is 0 Å². The molecule has 0 heterocycles. The number of hydrogen-bond donors (Lipinski definition) is 1. The second kappa shape index (κ2) is 3.34. The molecule has 0 amide bonds. The predicted molar refractivity (Wildman–Crippen MR) is 45.2 cm³/mol. The highest BCUT2D eigenvalue weighted by atomic mass is 35.5. The van der Waals surface area contributed by atoms with Gasteiger partial charge in [-0.25, -0.2) is 4.21 Å². The Kier molecular flexibility index (Phi) is 2.65. The van der Waals surface area contributed by atoms with E-state index < -0.39 is 11.1 Å². The summed E-state index contributed by atoms with van der Waals surface area (Å²) in [5.41, 5.74) is 0.662. The zero-order valence-electron chi connectivity index (χ0n) is 5.87. The van der Waals surface area contributed by atoms with Crippen LogP contribution < -0.4 is 0 Å². The molecule has 0 aliphatic heterocycles. The fourth-order valence-electron chi connectivity index (χ4n) is 0.777. The molecule has 1 N–H and O–H groups in total. The Morgan fingerprint density at radius 3 is 2.64 bits per heavy atom. The van der Waals surface area contributed by atoms with Gasteiger partial charge in [-0.1, -0.05) is 17.7 Å². The molecule has 1 aromatic carbocycles. The van der Waals surface area contributed by atoms with Crippen molar-refractivity contribution in [1.29, 1.82) is 0 Å². The van der Waals surface area contributed by atoms with E-state index in [2.05, 4.69) is 0 Å². The van der Waals surface area contributed by atoms with Gasteiger partial charge in [0.1, 0.15) is 0 Å². The van der Waals surface area contributed by atoms with Gasteiger partial charge in [0.25, 0.3) is 0 Å². The first-order chi connectivity index (χ1) is 5.13. The van der Waals surface area contributed by atoms with Gasteiger partial charge >= 0.3 is 0 Å². The van der Waals surface area contributed by atoms with Crippen molar-refractivity contribution in [3.05, 3.63) is 28.8 Å². The molecule has 0 spiro atoms. The van der Waals surface area contributed by atoms with Crippen molar-refractivity contribution in [3.8, 4) is 0 Å². The summed E-state index contributed by atoms with van der Waals surface area (Å²) in [7, 11) is 0. The average Bonchev–Trinajstić information content (AvgIpc) is 1.94. The minimum Gasteiger partial charge on any atom is -0.302 e. The highest BCUT2D eigenvalue weighted by molar-refractivity contribution is 7.79. The summed E-state index contributed by atoms with van der Waals surface area (Å²) >= 11 is 3.78. The van der Waals surface area contributed by atoms with E-state index in [-0.39, 0.29) is 0 Å². The first-order valence-corrected chi connectivity index (χ1v) is 4.47. The van der Waals surface area contributed by atoms with Gasteiger partial charge in [0.05, 0.1) is 4.90 Å². The van der Waals surface area contributed by atoms with Gasteiger partial charge in [-0.15, -0.1) is 0 Å². The van der Waals surface area contributed by atoms with Crippen LogP contribution in [0.1, 0.15) is 5.56 Å². The number of rotatable bonds is 1. The highest BCUT2D eigenvalue weighted by Gasteiger charge is 2.05. The van der Waals surface area contributed by atoms with Crippen LogP contribution in [0.15, 0.2) is 23.1 Å². The van der Waals surface area contributed by atoms with Crippen molar-refractivity contribution in [3.63, 3.8) is 0 Å². The minimum atomic E-state index is -1.94. The molecular formula is C7H7ClO2S. The Hall–Kier alpha value is -0.380. The molecular weight excluding hydrogens is 184 g/mol. The lowest BCUT2D eigenvalue weighted by Gasteiger charge is -2.01. The third-order valence-corrected chi connectivity index (χ3v) is 2.63. The predicted octanol–water partition coefficient (Wildman–Crippen LogP) is 2.23. The monoisotopic (exact) mass is 190 g/mol. The Balaban J connectivity index is 3.27. The second-order valence-electron chi connectivity index (χ2n) is 2.11. The molecule has 60 valence electrons. The molecule has 0 aromatic heterocycles. The van der Waals surface area contributed by atoms with E-state index in [9.17, 15) is 4.21 Å². The molecule has 0 fully saturated rings. The van der Waals surface area contributed by atoms with Crippen LogP contribution in [0.2, 0.25) is 5.02 Å². The quantitative estimate of drug-likeness (QED) is 0.690. The van der Waals surface area contributed by atoms with Crippen LogP contribution in [-0.2, 0) is 11.1 Å². The summed E-state index contributed by atoms with van der Waals surface area (Å²) < 4.78 is 19.4. The van der Waals surface area contributed by atoms with Gasteiger partial charge in [-0.2, -0.15) is 0 Å². The van der Waals surface area contributed by atoms with Crippen LogP contribution in [0, 0.1) is 6.92 Å². The van der Waals surface area contributed by atoms with Gasteiger partial charge in [-0.3, -0.25) is 0 Å². The van der Waals surface area contributed by atoms with E-state index in [0.29, 0.717) is 15.5 Å². The van der Waals surface area contributed by atoms with Crippen LogP contribution in [0.4, 0.5) is 0 Å². The Bertz CT molecular complexity index is 298. The SMILES string of the molecule is Cc1c(Cl)cccc1S(=O)O. The summed E-state index contributed by atoms with van der Waals surface area (Å²) in [5.74, 6) is 0. The van der Waals surface area contributed by atoms with E-state index >= 15 is 0 Å². The van der Waals surface area contributed by atoms with Crippen molar-refractivity contribution in [2.75, 3.05) is 0 Å². The third-order valence-electron chi connectivity index (χ3n) is 1.41. The molecule has 1 unspecified atom stereocenters. The number of benzene rings is 1. The summed E-state index contributed by atoms with van der Waals surface area (Å²) in [5, 5.41) is 0.518. The van der Waals surface area contributed by atoms with Crippen LogP contribution in [-0.4, -0.2) is 8.76 Å². The topological polar surface area (TPSA) is 37.3 Å². The van der Waals surface area contributed by atoms with Crippen molar-refractivity contribution >= 4 is 22.7 Å². The second-order valence-corrected chi connectivity index (χ2v) is 3.46. The Labute approximate surface area is 72.5 Å². The number of halogens is 1. The molecule has 11 heavy (non-hydrogen) atoms. The summed E-state index contributed by atoms with van der Waals surface area (Å²) in [6.07, 6.45) is 0. The van der Waals surface area contributed by atoms with Crippen LogP contribution in [0.25, 0.3) is 0 Å². The van der Waals surface area contributed by atoms with E-state index in [1.165, 1.54) is 0 Å². The molecule has 0 radical (unpaired) electrons. The average molecular weight is 191 g/mol. The minimum absolute atomic E-state index is 0.373. The lowest BCUT2D eigenvalue weighted by Crippen LogP contribution is -1.91. The lowest BCUT2D eigenvalue weighted by atomic mass is 10.2. The van der Waals surface area contributed by atoms with Crippen LogP contribution in [0.5, 0.6) is 0 Å². The molecule has 0 saturated heterocycles. The largest absolute Gasteiger partial charge is 0.302 e. The Morgan fingerprint density at radius 2 is 2.18 bits per heavy atom. The molecule has 1 rings (SSSR count). The zero-order chi connectivity index (χ0) is 8.43. The van der Waals surface area contributed by atoms with Crippen LogP contribution in [0.3, 0.4) is 0 Å². The van der Waals surface area contributed by atoms with Gasteiger partial charge < -0.3 is 4.55 Å². The van der Waals surface area contributed by atoms with Gasteiger partial charge in [0.2, 0.25) is 0 Å². The van der Waals surface area contributed by atoms with Crippen molar-refractivity contribution in [2.24, 2.45) is 0 Å². The third kappa shape index (κ3) is 1.80. The van der Waals surface area contributed by atoms with E-state index in [1.54, 1.807) is 25.1 Å². The first-order valence-electron chi connectivity index (χ1n) is 2.99. The number of hydrogen-bond acceptors (Lipinski definition) is 1. The van der Waals surface area contributed by atoms with E-state index in [1.807, 2.05) is 0 Å². The molecule has 2 nitrogen and oxygen atoms in total. The summed E-state index contributed by atoms with van der Waals surface area (Å²) in [6, 6.07) is 4.92. The summed E-state index contributed by atoms with van der Waals surface area (Å²) in [4.78, 5) is 0.373. The molecule has 1 aromatic rings. The lowest BCUT2D eigenvalue weighted by molar-refractivity contribution is 0.564. The normalized spacial score (nSPS) is 13.0. The zero-order valence-corrected chi connectivity index (χ0v) is 7.45. The maximum Gasteiger partial charge on any atom is 0.186 e. The fraction of sp³-hybridized carbons (Fsp3) is 0.143. The summed E-state index contributed by atoms with van der Waals surface area (Å²) in [6.45, 7) is 1.71. The molecule has 0 saturated carbocycles. The maximum absolute atomic E-state index is 10.6. The van der Waals surface area contributed by atoms with Gasteiger partial charge in [0.15, 0.2) is 11.1 Å². The van der Waals surface area contributed by atoms with Crippen molar-refractivity contribution < 1.29 is 8.76 Å². The smallest absolute Gasteiger partial charge is 0.186 e. The maximum atomic E-state index is 10.6. The molecule has 0 aliphatic rings. The highest BCUT2D eigenvalue weighted by Crippen LogP contribution is 2.20. The molecule has 1 atom stereocenters. The van der Waals surface area contributed by atoms with E-state index in [4.69, 9.17) is 16.2 Å². The first kappa shape index (κ1) is 8.71. The van der Waals surface area contributed by atoms with Crippen LogP contribution >= 0.6 is 11.6 Å². The van der Waals surface area contributed by atoms with Gasteiger partial charge in [-0.05, 0) is 24.6 Å². The molecule has 0 aliphatic carbocycles. The fourth-order valence-corrected chi connectivity index (χ4v) is 1.57. The molecule has 4 heteroatoms. The van der Waals surface area contributed by atoms with Gasteiger partial charge in [0, 0.05) is 5.02 Å². The standard InChI is InChI=1S/C7H7ClO2S/c1-5-6(8)3-2-4-7(5)11(9)10/h2-4H,1H3,(H,9,10). The molecule has 0 bridgehead atoms. The van der Waals surface area contributed by atoms with Crippen molar-refractivity contribution in [1.82, 2.24) is 0 Å².